The number of anilines is 1. The topological polar surface area (TPSA) is 66.4 Å². The third kappa shape index (κ3) is 3.45. The second-order valence-corrected chi connectivity index (χ2v) is 5.27. The fraction of sp³-hybridized carbons (Fsp3) is 0.0667. The van der Waals surface area contributed by atoms with Crippen LogP contribution in [0.3, 0.4) is 0 Å². The van der Waals surface area contributed by atoms with Gasteiger partial charge in [0, 0.05) is 15.7 Å². The summed E-state index contributed by atoms with van der Waals surface area (Å²) in [6, 6.07) is 11.5. The molecule has 2 N–H and O–H groups in total. The lowest BCUT2D eigenvalue weighted by atomic mass is 10.1. The highest BCUT2D eigenvalue weighted by Crippen LogP contribution is 2.17. The lowest BCUT2D eigenvalue weighted by Crippen LogP contribution is -2.12. The lowest BCUT2D eigenvalue weighted by molar-refractivity contribution is 0.0696. The SMILES string of the molecule is Cc1cc(Br)cc(C(=O)Nc2cccc(C(=O)O)c2)c1. The van der Waals surface area contributed by atoms with Gasteiger partial charge in [-0.1, -0.05) is 22.0 Å². The second-order valence-electron chi connectivity index (χ2n) is 4.36. The van der Waals surface area contributed by atoms with E-state index in [9.17, 15) is 9.59 Å². The van der Waals surface area contributed by atoms with E-state index >= 15 is 0 Å². The van der Waals surface area contributed by atoms with Crippen LogP contribution in [-0.2, 0) is 0 Å². The van der Waals surface area contributed by atoms with Crippen LogP contribution in [0, 0.1) is 6.92 Å². The first-order chi connectivity index (χ1) is 9.45. The first-order valence-corrected chi connectivity index (χ1v) is 6.67. The number of hydrogen-bond acceptors (Lipinski definition) is 2. The summed E-state index contributed by atoms with van der Waals surface area (Å²) in [6.45, 7) is 1.90. The van der Waals surface area contributed by atoms with Crippen LogP contribution in [0.5, 0.6) is 0 Å². The van der Waals surface area contributed by atoms with Gasteiger partial charge in [0.2, 0.25) is 0 Å². The van der Waals surface area contributed by atoms with E-state index in [1.807, 2.05) is 13.0 Å². The Kier molecular flexibility index (Phi) is 4.20. The van der Waals surface area contributed by atoms with Crippen molar-refractivity contribution in [1.82, 2.24) is 0 Å². The van der Waals surface area contributed by atoms with Crippen LogP contribution in [0.2, 0.25) is 0 Å². The minimum absolute atomic E-state index is 0.133. The summed E-state index contributed by atoms with van der Waals surface area (Å²) < 4.78 is 0.821. The van der Waals surface area contributed by atoms with E-state index in [4.69, 9.17) is 5.11 Å². The van der Waals surface area contributed by atoms with Crippen molar-refractivity contribution in [2.45, 2.75) is 6.92 Å². The van der Waals surface area contributed by atoms with Crippen LogP contribution in [0.4, 0.5) is 5.69 Å². The number of rotatable bonds is 3. The molecule has 0 fully saturated rings. The van der Waals surface area contributed by atoms with Gasteiger partial charge in [-0.2, -0.15) is 0 Å². The Morgan fingerprint density at radius 2 is 1.85 bits per heavy atom. The molecule has 4 nitrogen and oxygen atoms in total. The van der Waals surface area contributed by atoms with Crippen molar-refractivity contribution in [3.63, 3.8) is 0 Å². The van der Waals surface area contributed by atoms with Crippen LogP contribution in [0.25, 0.3) is 0 Å². The summed E-state index contributed by atoms with van der Waals surface area (Å²) in [4.78, 5) is 23.0. The Hall–Kier alpha value is -2.14. The van der Waals surface area contributed by atoms with E-state index < -0.39 is 5.97 Å². The Balaban J connectivity index is 2.23. The average molecular weight is 334 g/mol. The maximum absolute atomic E-state index is 12.1. The fourth-order valence-corrected chi connectivity index (χ4v) is 2.41. The molecule has 0 bridgehead atoms. The van der Waals surface area contributed by atoms with Crippen LogP contribution < -0.4 is 5.32 Å². The van der Waals surface area contributed by atoms with Crippen molar-refractivity contribution in [2.75, 3.05) is 5.32 Å². The standard InChI is InChI=1S/C15H12BrNO3/c1-9-5-11(7-12(16)6-9)14(18)17-13-4-2-3-10(8-13)15(19)20/h2-8H,1H3,(H,17,18)(H,19,20). The van der Waals surface area contributed by atoms with Crippen molar-refractivity contribution in [3.05, 3.63) is 63.6 Å². The third-order valence-corrected chi connectivity index (χ3v) is 3.13. The van der Waals surface area contributed by atoms with Gasteiger partial charge in [0.05, 0.1) is 5.56 Å². The summed E-state index contributed by atoms with van der Waals surface area (Å²) in [5, 5.41) is 11.6. The summed E-state index contributed by atoms with van der Waals surface area (Å²) in [5.74, 6) is -1.31. The Labute approximate surface area is 124 Å². The van der Waals surface area contributed by atoms with E-state index in [1.54, 1.807) is 24.3 Å². The monoisotopic (exact) mass is 333 g/mol. The van der Waals surface area contributed by atoms with Gasteiger partial charge in [0.15, 0.2) is 0 Å². The van der Waals surface area contributed by atoms with E-state index in [2.05, 4.69) is 21.2 Å². The molecule has 2 aromatic carbocycles. The number of aryl methyl sites for hydroxylation is 1. The van der Waals surface area contributed by atoms with Gasteiger partial charge < -0.3 is 10.4 Å². The Bertz CT molecular complexity index is 662. The third-order valence-electron chi connectivity index (χ3n) is 2.67. The van der Waals surface area contributed by atoms with Gasteiger partial charge >= 0.3 is 5.97 Å². The number of carbonyl (C=O) groups excluding carboxylic acids is 1. The number of hydrogen-bond donors (Lipinski definition) is 2. The number of benzene rings is 2. The van der Waals surface area contributed by atoms with Gasteiger partial charge in [-0.25, -0.2) is 4.79 Å². The van der Waals surface area contributed by atoms with Crippen LogP contribution in [0.15, 0.2) is 46.9 Å². The van der Waals surface area contributed by atoms with Gasteiger partial charge in [-0.05, 0) is 48.9 Å². The van der Waals surface area contributed by atoms with E-state index in [0.29, 0.717) is 11.3 Å². The molecule has 0 aliphatic carbocycles. The number of carboxylic acids is 1. The number of amides is 1. The number of carboxylic acid groups (broad SMARTS) is 1. The first kappa shape index (κ1) is 14.3. The molecule has 1 amide bonds. The first-order valence-electron chi connectivity index (χ1n) is 5.87. The quantitative estimate of drug-likeness (QED) is 0.899. The molecule has 0 aliphatic heterocycles. The van der Waals surface area contributed by atoms with E-state index in [1.165, 1.54) is 12.1 Å². The molecule has 0 atom stereocenters. The molecule has 20 heavy (non-hydrogen) atoms. The molecular formula is C15H12BrNO3. The molecule has 0 aromatic heterocycles. The Morgan fingerprint density at radius 3 is 2.50 bits per heavy atom. The number of nitrogens with one attached hydrogen (secondary N) is 1. The second kappa shape index (κ2) is 5.88. The van der Waals surface area contributed by atoms with Crippen molar-refractivity contribution < 1.29 is 14.7 Å². The average Bonchev–Trinajstić information content (AvgIpc) is 2.37. The van der Waals surface area contributed by atoms with Gasteiger partial charge in [0.1, 0.15) is 0 Å². The zero-order chi connectivity index (χ0) is 14.7. The fourth-order valence-electron chi connectivity index (χ4n) is 1.80. The van der Waals surface area contributed by atoms with Crippen LogP contribution in [-0.4, -0.2) is 17.0 Å². The van der Waals surface area contributed by atoms with Gasteiger partial charge in [-0.3, -0.25) is 4.79 Å². The minimum atomic E-state index is -1.03. The predicted octanol–water partition coefficient (Wildman–Crippen LogP) is 3.71. The van der Waals surface area contributed by atoms with Crippen LogP contribution >= 0.6 is 15.9 Å². The largest absolute Gasteiger partial charge is 0.478 e. The molecule has 0 heterocycles. The molecule has 0 aliphatic rings. The van der Waals surface area contributed by atoms with Crippen LogP contribution in [0.1, 0.15) is 26.3 Å². The Morgan fingerprint density at radius 1 is 1.10 bits per heavy atom. The number of aromatic carboxylic acids is 1. The van der Waals surface area contributed by atoms with Gasteiger partial charge in [0.25, 0.3) is 5.91 Å². The highest BCUT2D eigenvalue weighted by Gasteiger charge is 2.09. The molecule has 5 heteroatoms. The smallest absolute Gasteiger partial charge is 0.335 e. The zero-order valence-electron chi connectivity index (χ0n) is 10.7. The maximum atomic E-state index is 12.1. The molecule has 102 valence electrons. The number of halogens is 1. The molecule has 0 saturated carbocycles. The molecule has 2 rings (SSSR count). The van der Waals surface area contributed by atoms with Crippen molar-refractivity contribution in [3.8, 4) is 0 Å². The van der Waals surface area contributed by atoms with E-state index in [-0.39, 0.29) is 11.5 Å². The lowest BCUT2D eigenvalue weighted by Gasteiger charge is -2.07. The molecule has 0 spiro atoms. The van der Waals surface area contributed by atoms with Crippen molar-refractivity contribution in [1.29, 1.82) is 0 Å². The van der Waals surface area contributed by atoms with Crippen molar-refractivity contribution in [2.24, 2.45) is 0 Å². The molecule has 0 radical (unpaired) electrons. The molecule has 0 unspecified atom stereocenters. The van der Waals surface area contributed by atoms with E-state index in [0.717, 1.165) is 10.0 Å². The highest BCUT2D eigenvalue weighted by atomic mass is 79.9. The summed E-state index contributed by atoms with van der Waals surface area (Å²) in [6.07, 6.45) is 0. The number of carbonyl (C=O) groups is 2. The normalized spacial score (nSPS) is 10.1. The molecular weight excluding hydrogens is 322 g/mol. The maximum Gasteiger partial charge on any atom is 0.335 e. The molecule has 0 saturated heterocycles. The highest BCUT2D eigenvalue weighted by molar-refractivity contribution is 9.10. The zero-order valence-corrected chi connectivity index (χ0v) is 12.3. The predicted molar refractivity (Wildman–Crippen MR) is 80.2 cm³/mol. The summed E-state index contributed by atoms with van der Waals surface area (Å²) in [5.41, 5.74) is 2.06. The van der Waals surface area contributed by atoms with Crippen molar-refractivity contribution >= 4 is 33.5 Å². The summed E-state index contributed by atoms with van der Waals surface area (Å²) >= 11 is 3.34. The summed E-state index contributed by atoms with van der Waals surface area (Å²) in [7, 11) is 0. The molecule has 2 aromatic rings. The van der Waals surface area contributed by atoms with Gasteiger partial charge in [-0.15, -0.1) is 0 Å². The minimum Gasteiger partial charge on any atom is -0.478 e.